The van der Waals surface area contributed by atoms with E-state index in [1.807, 2.05) is 25.2 Å². The maximum atomic E-state index is 3.90. The summed E-state index contributed by atoms with van der Waals surface area (Å²) in [5, 5.41) is 0. The van der Waals surface area contributed by atoms with Crippen molar-refractivity contribution in [1.29, 1.82) is 0 Å². The minimum absolute atomic E-state index is 0.799. The second-order valence-corrected chi connectivity index (χ2v) is 18.9. The summed E-state index contributed by atoms with van der Waals surface area (Å²) in [7, 11) is 0. The van der Waals surface area contributed by atoms with Crippen molar-refractivity contribution in [2.45, 2.75) is 62.3 Å². The molecule has 1 aliphatic carbocycles. The van der Waals surface area contributed by atoms with Gasteiger partial charge in [0.05, 0.1) is 0 Å². The molecule has 352 valence electrons. The molecule has 1 aliphatic rings. The molecule has 0 bridgehead atoms. The van der Waals surface area contributed by atoms with Crippen molar-refractivity contribution in [2.75, 3.05) is 0 Å². The molecule has 0 nitrogen and oxygen atoms in total. The smallest absolute Gasteiger partial charge is 0.0431 e. The first kappa shape index (κ1) is 50.4. The van der Waals surface area contributed by atoms with Crippen LogP contribution < -0.4 is 0 Å². The fourth-order valence-corrected chi connectivity index (χ4v) is 8.53. The molecule has 0 fully saturated rings. The van der Waals surface area contributed by atoms with Gasteiger partial charge in [0.25, 0.3) is 0 Å². The van der Waals surface area contributed by atoms with Crippen LogP contribution in [0.4, 0.5) is 0 Å². The van der Waals surface area contributed by atoms with Gasteiger partial charge in [0.1, 0.15) is 0 Å². The zero-order valence-electron chi connectivity index (χ0n) is 43.6. The van der Waals surface area contributed by atoms with Gasteiger partial charge in [0, 0.05) is 61.3 Å². The van der Waals surface area contributed by atoms with Crippen LogP contribution >= 0.6 is 0 Å². The van der Waals surface area contributed by atoms with Crippen LogP contribution in [0.1, 0.15) is 91.7 Å². The van der Waals surface area contributed by atoms with Crippen molar-refractivity contribution < 1.29 is 0 Å². The lowest BCUT2D eigenvalue weighted by Gasteiger charge is -2.27. The molecule has 0 atom stereocenters. The van der Waals surface area contributed by atoms with E-state index in [1.54, 1.807) is 0 Å². The molecule has 0 saturated heterocycles. The molecule has 0 heterocycles. The van der Waals surface area contributed by atoms with Gasteiger partial charge >= 0.3 is 0 Å². The lowest BCUT2D eigenvalue weighted by atomic mass is 9.74. The fourth-order valence-electron chi connectivity index (χ4n) is 8.53. The second-order valence-electron chi connectivity index (χ2n) is 18.9. The normalized spacial score (nSPS) is 16.8. The molecule has 7 aromatic rings. The van der Waals surface area contributed by atoms with E-state index >= 15 is 0 Å². The summed E-state index contributed by atoms with van der Waals surface area (Å²) in [6.07, 6.45) is 10.2. The van der Waals surface area contributed by atoms with Crippen molar-refractivity contribution in [1.82, 2.24) is 0 Å². The molecular formula is C73H60. The van der Waals surface area contributed by atoms with E-state index in [1.165, 1.54) is 16.7 Å². The van der Waals surface area contributed by atoms with Crippen molar-refractivity contribution in [2.24, 2.45) is 0 Å². The molecule has 0 radical (unpaired) electrons. The third kappa shape index (κ3) is 12.8. The number of benzene rings is 7. The molecule has 0 aromatic heterocycles. The highest BCUT2D eigenvalue weighted by Gasteiger charge is 2.31. The molecule has 8 rings (SSSR count). The molecule has 0 unspecified atom stereocenters. The van der Waals surface area contributed by atoms with Crippen molar-refractivity contribution in [3.05, 3.63) is 306 Å². The van der Waals surface area contributed by atoms with Gasteiger partial charge in [-0.25, -0.2) is 0 Å². The maximum Gasteiger partial charge on any atom is 0.0431 e. The molecular weight excluding hydrogens is 877 g/mol. The summed E-state index contributed by atoms with van der Waals surface area (Å²) >= 11 is 0. The van der Waals surface area contributed by atoms with Gasteiger partial charge in [0.2, 0.25) is 0 Å². The zero-order chi connectivity index (χ0) is 51.3. The van der Waals surface area contributed by atoms with Crippen molar-refractivity contribution in [3.63, 3.8) is 0 Å². The molecule has 7 aromatic carbocycles. The number of hydrogen-bond acceptors (Lipinski definition) is 0. The van der Waals surface area contributed by atoms with Gasteiger partial charge in [-0.05, 0) is 127 Å². The molecule has 73 heavy (non-hydrogen) atoms. The first-order valence-corrected chi connectivity index (χ1v) is 24.9. The number of allylic oxidation sites excluding steroid dienone is 14. The highest BCUT2D eigenvalue weighted by Crippen LogP contribution is 2.48. The van der Waals surface area contributed by atoms with Gasteiger partial charge in [0.15, 0.2) is 0 Å². The molecule has 0 N–H and O–H groups in total. The Labute approximate surface area is 435 Å². The van der Waals surface area contributed by atoms with E-state index in [0.29, 0.717) is 0 Å². The monoisotopic (exact) mass is 936 g/mol. The highest BCUT2D eigenvalue weighted by molar-refractivity contribution is 6.16. The number of rotatable bonds is 6. The Morgan fingerprint density at radius 1 is 0.315 bits per heavy atom. The largest absolute Gasteiger partial charge is 0.0874 e. The predicted octanol–water partition coefficient (Wildman–Crippen LogP) is 17.2. The van der Waals surface area contributed by atoms with Crippen LogP contribution in [-0.2, 0) is 0 Å². The number of hydrogen-bond donors (Lipinski definition) is 0. The minimum atomic E-state index is 0.799. The third-order valence-corrected chi connectivity index (χ3v) is 12.7. The van der Waals surface area contributed by atoms with E-state index < -0.39 is 0 Å². The van der Waals surface area contributed by atoms with Crippen molar-refractivity contribution in [3.8, 4) is 47.4 Å². The van der Waals surface area contributed by atoms with Crippen LogP contribution in [0.5, 0.6) is 0 Å². The summed E-state index contributed by atoms with van der Waals surface area (Å²) < 4.78 is 0. The average Bonchev–Trinajstić information content (AvgIpc) is 3.39. The summed E-state index contributed by atoms with van der Waals surface area (Å²) in [6.45, 7) is 19.0. The number of aryl methyl sites for hydroxylation is 7. The maximum absolute atomic E-state index is 3.90. The first-order valence-electron chi connectivity index (χ1n) is 24.9. The van der Waals surface area contributed by atoms with Crippen LogP contribution in [0, 0.1) is 95.8 Å². The molecule has 0 spiro atoms. The van der Waals surface area contributed by atoms with Crippen LogP contribution in [-0.4, -0.2) is 0 Å². The summed E-state index contributed by atoms with van der Waals surface area (Å²) in [4.78, 5) is 0. The summed E-state index contributed by atoms with van der Waals surface area (Å²) in [5.41, 5.74) is 22.6. The van der Waals surface area contributed by atoms with Crippen LogP contribution in [0.25, 0.3) is 22.3 Å². The molecule has 0 amide bonds. The Morgan fingerprint density at radius 3 is 0.822 bits per heavy atom. The summed E-state index contributed by atoms with van der Waals surface area (Å²) in [6, 6.07) is 60.4. The quantitative estimate of drug-likeness (QED) is 0.115. The van der Waals surface area contributed by atoms with Gasteiger partial charge in [-0.15, -0.1) is 0 Å². The molecule has 0 heteroatoms. The van der Waals surface area contributed by atoms with Crippen LogP contribution in [0.15, 0.2) is 228 Å². The van der Waals surface area contributed by atoms with E-state index in [0.717, 1.165) is 111 Å². The average molecular weight is 937 g/mol. The van der Waals surface area contributed by atoms with Crippen LogP contribution in [0.2, 0.25) is 0 Å². The van der Waals surface area contributed by atoms with Gasteiger partial charge in [-0.1, -0.05) is 250 Å². The molecule has 0 saturated carbocycles. The van der Waals surface area contributed by atoms with Crippen LogP contribution in [0.3, 0.4) is 0 Å². The van der Waals surface area contributed by atoms with E-state index in [4.69, 9.17) is 0 Å². The summed E-state index contributed by atoms with van der Waals surface area (Å²) in [5.74, 6) is 30.2. The Morgan fingerprint density at radius 2 is 0.562 bits per heavy atom. The Bertz CT molecular complexity index is 3590. The van der Waals surface area contributed by atoms with Gasteiger partial charge in [-0.2, -0.15) is 0 Å². The van der Waals surface area contributed by atoms with E-state index in [2.05, 4.69) is 285 Å². The van der Waals surface area contributed by atoms with E-state index in [-0.39, 0.29) is 0 Å². The topological polar surface area (TPSA) is 0 Å². The Hall–Kier alpha value is -9.04. The third-order valence-electron chi connectivity index (χ3n) is 12.7. The zero-order valence-corrected chi connectivity index (χ0v) is 43.6. The standard InChI is InChI=1S/C73H60/c1-10-14-51(2)15-12-11-13-16-66-70(62-40-23-55(6)24-41-62)67(48-37-59-31-17-52(3)18-32-59)72(64-44-27-57(8)28-45-64)69(50-39-61-35-21-54(5)22-36-61)73(65-46-29-58(9)30-47-65)68(49-38-60-33-19-53(4)20-34-60)71(66)63-42-25-56(7)26-43-63/h10-12,14-15,17-36,40-47H,1-9H3/b12-11+,14-10-,51-15-,70-66-,70-67?,71-66?,71-68-,72-67-,72-69?,73-68?,73-69-. The van der Waals surface area contributed by atoms with Gasteiger partial charge in [-0.3, -0.25) is 0 Å². The fraction of sp³-hybridized carbons (Fsp3) is 0.123. The molecule has 0 aliphatic heterocycles. The predicted molar refractivity (Wildman–Crippen MR) is 312 cm³/mol. The lowest BCUT2D eigenvalue weighted by Crippen LogP contribution is -2.10. The lowest BCUT2D eigenvalue weighted by molar-refractivity contribution is 1.41. The van der Waals surface area contributed by atoms with E-state index in [9.17, 15) is 0 Å². The Kier molecular flexibility index (Phi) is 16.4. The second kappa shape index (κ2) is 23.7. The highest BCUT2D eigenvalue weighted by atomic mass is 14.3. The minimum Gasteiger partial charge on any atom is -0.0874 e. The van der Waals surface area contributed by atoms with Crippen molar-refractivity contribution >= 4 is 22.3 Å². The SMILES string of the molecule is C\C=C/C(C)=C\C=C\C#CC1=C(c2ccc(C)cc2)/C(C#Cc2ccc(C)cc2)=C(c2ccc(C)cc2)\C(C#Cc2ccc(C)cc2)=C(c2ccc(C)cc2)/C(C#Cc2ccc(C)cc2)=C\1c1ccc(C)cc1. The van der Waals surface area contributed by atoms with Gasteiger partial charge < -0.3 is 0 Å². The Balaban J connectivity index is 1.72. The first-order chi connectivity index (χ1) is 35.4.